The number of likely N-dealkylation sites (tertiary alicyclic amines) is 1. The summed E-state index contributed by atoms with van der Waals surface area (Å²) in [6.07, 6.45) is 4.58. The van der Waals surface area contributed by atoms with Gasteiger partial charge in [0.05, 0.1) is 25.2 Å². The third-order valence-corrected chi connectivity index (χ3v) is 5.46. The van der Waals surface area contributed by atoms with Gasteiger partial charge in [0.2, 0.25) is 5.91 Å². The molecule has 2 saturated heterocycles. The van der Waals surface area contributed by atoms with Crippen molar-refractivity contribution in [1.82, 2.24) is 4.90 Å². The van der Waals surface area contributed by atoms with Gasteiger partial charge in [-0.05, 0) is 37.8 Å². The van der Waals surface area contributed by atoms with Gasteiger partial charge in [0, 0.05) is 20.1 Å². The minimum Gasteiger partial charge on any atom is -0.461 e. The molecule has 2 atom stereocenters. The molecule has 1 saturated carbocycles. The maximum Gasteiger partial charge on any atom is 0.231 e. The molecular weight excluding hydrogens is 310 g/mol. The van der Waals surface area contributed by atoms with Crippen LogP contribution >= 0.6 is 0 Å². The van der Waals surface area contributed by atoms with E-state index in [-0.39, 0.29) is 17.9 Å². The largest absolute Gasteiger partial charge is 0.461 e. The van der Waals surface area contributed by atoms with Crippen molar-refractivity contribution in [1.29, 1.82) is 0 Å². The molecule has 1 aromatic heterocycles. The molecule has 1 aliphatic carbocycles. The lowest BCUT2D eigenvalue weighted by molar-refractivity contribution is -0.192. The molecule has 24 heavy (non-hydrogen) atoms. The Morgan fingerprint density at radius 1 is 1.29 bits per heavy atom. The normalized spacial score (nSPS) is 29.0. The summed E-state index contributed by atoms with van der Waals surface area (Å²) in [5, 5.41) is 0. The maximum absolute atomic E-state index is 13.2. The second kappa shape index (κ2) is 6.50. The van der Waals surface area contributed by atoms with Crippen molar-refractivity contribution in [2.24, 2.45) is 5.92 Å². The van der Waals surface area contributed by atoms with Crippen LogP contribution in [0.5, 0.6) is 0 Å². The van der Waals surface area contributed by atoms with Crippen molar-refractivity contribution in [3.8, 4) is 0 Å². The summed E-state index contributed by atoms with van der Waals surface area (Å²) in [4.78, 5) is 15.2. The summed E-state index contributed by atoms with van der Waals surface area (Å²) in [5.74, 6) is 0.949. The van der Waals surface area contributed by atoms with Crippen LogP contribution in [0, 0.1) is 5.92 Å². The second-order valence-corrected chi connectivity index (χ2v) is 6.88. The molecular formula is C18H25NO5. The molecule has 1 aromatic rings. The average molecular weight is 335 g/mol. The molecule has 2 aliphatic heterocycles. The van der Waals surface area contributed by atoms with Crippen LogP contribution in [0.2, 0.25) is 0 Å². The van der Waals surface area contributed by atoms with Crippen LogP contribution in [0.3, 0.4) is 0 Å². The van der Waals surface area contributed by atoms with Gasteiger partial charge in [0.1, 0.15) is 18.1 Å². The molecule has 6 heteroatoms. The smallest absolute Gasteiger partial charge is 0.231 e. The predicted octanol–water partition coefficient (Wildman–Crippen LogP) is 2.63. The van der Waals surface area contributed by atoms with E-state index in [1.165, 1.54) is 0 Å². The number of amides is 1. The van der Waals surface area contributed by atoms with E-state index in [1.807, 2.05) is 17.0 Å². The van der Waals surface area contributed by atoms with Crippen LogP contribution in [0.1, 0.15) is 49.7 Å². The number of methoxy groups -OCH3 is 1. The molecule has 3 aliphatic rings. The van der Waals surface area contributed by atoms with Gasteiger partial charge < -0.3 is 23.5 Å². The van der Waals surface area contributed by atoms with Crippen LogP contribution in [0.15, 0.2) is 16.5 Å². The lowest BCUT2D eigenvalue weighted by atomic mass is 9.99. The molecule has 6 nitrogen and oxygen atoms in total. The minimum atomic E-state index is -0.672. The topological polar surface area (TPSA) is 61.1 Å². The lowest BCUT2D eigenvalue weighted by Gasteiger charge is -2.33. The fourth-order valence-electron chi connectivity index (χ4n) is 4.39. The summed E-state index contributed by atoms with van der Waals surface area (Å²) >= 11 is 0. The van der Waals surface area contributed by atoms with E-state index in [0.29, 0.717) is 19.8 Å². The van der Waals surface area contributed by atoms with Crippen molar-refractivity contribution in [2.45, 2.75) is 50.5 Å². The molecule has 1 amide bonds. The number of furan rings is 1. The molecule has 0 aromatic carbocycles. The minimum absolute atomic E-state index is 0.0159. The number of carbonyl (C=O) groups is 1. The summed E-state index contributed by atoms with van der Waals surface area (Å²) in [6.45, 7) is 2.40. The standard InChI is InChI=1S/C18H25NO5/c1-21-12-13-6-7-16(24-13)15-5-3-9-19(15)17(20)14-4-2-8-18(14)22-10-11-23-18/h6-7,14-15H,2-5,8-12H2,1H3/t14-,15-/m1/s1. The third-order valence-electron chi connectivity index (χ3n) is 5.46. The molecule has 0 radical (unpaired) electrons. The van der Waals surface area contributed by atoms with Crippen molar-refractivity contribution in [3.63, 3.8) is 0 Å². The van der Waals surface area contributed by atoms with E-state index in [2.05, 4.69) is 0 Å². The summed E-state index contributed by atoms with van der Waals surface area (Å²) < 4.78 is 22.7. The molecule has 1 spiro atoms. The average Bonchev–Trinajstić information content (AvgIpc) is 3.35. The number of hydrogen-bond acceptors (Lipinski definition) is 5. The lowest BCUT2D eigenvalue weighted by Crippen LogP contribution is -2.46. The Balaban J connectivity index is 1.52. The van der Waals surface area contributed by atoms with E-state index in [4.69, 9.17) is 18.6 Å². The number of carbonyl (C=O) groups excluding carboxylic acids is 1. The van der Waals surface area contributed by atoms with E-state index in [1.54, 1.807) is 7.11 Å². The SMILES string of the molecule is COCc1ccc([C@H]2CCCN2C(=O)[C@H]2CCCC23OCCO3)o1. The second-order valence-electron chi connectivity index (χ2n) is 6.88. The van der Waals surface area contributed by atoms with Crippen LogP contribution in [-0.4, -0.2) is 43.5 Å². The molecule has 132 valence electrons. The molecule has 0 unspecified atom stereocenters. The quantitative estimate of drug-likeness (QED) is 0.846. The van der Waals surface area contributed by atoms with Gasteiger partial charge >= 0.3 is 0 Å². The number of ether oxygens (including phenoxy) is 3. The van der Waals surface area contributed by atoms with Gasteiger partial charge in [0.15, 0.2) is 5.79 Å². The monoisotopic (exact) mass is 335 g/mol. The van der Waals surface area contributed by atoms with Gasteiger partial charge in [-0.1, -0.05) is 0 Å². The van der Waals surface area contributed by atoms with Gasteiger partial charge in [-0.15, -0.1) is 0 Å². The highest BCUT2D eigenvalue weighted by molar-refractivity contribution is 5.81. The Morgan fingerprint density at radius 2 is 2.12 bits per heavy atom. The first-order valence-corrected chi connectivity index (χ1v) is 8.89. The van der Waals surface area contributed by atoms with Crippen LogP contribution in [0.25, 0.3) is 0 Å². The zero-order valence-corrected chi connectivity index (χ0v) is 14.2. The maximum atomic E-state index is 13.2. The van der Waals surface area contributed by atoms with E-state index < -0.39 is 5.79 Å². The predicted molar refractivity (Wildman–Crippen MR) is 85.1 cm³/mol. The third kappa shape index (κ3) is 2.66. The Labute approximate surface area is 142 Å². The summed E-state index contributed by atoms with van der Waals surface area (Å²) in [5.41, 5.74) is 0. The first kappa shape index (κ1) is 16.1. The highest BCUT2D eigenvalue weighted by Crippen LogP contribution is 2.45. The number of rotatable bonds is 4. The van der Waals surface area contributed by atoms with Crippen LogP contribution in [-0.2, 0) is 25.6 Å². The molecule has 0 bridgehead atoms. The highest BCUT2D eigenvalue weighted by Gasteiger charge is 2.53. The number of nitrogens with zero attached hydrogens (tertiary/aromatic N) is 1. The zero-order chi connectivity index (χ0) is 16.6. The molecule has 3 heterocycles. The molecule has 4 rings (SSSR count). The van der Waals surface area contributed by atoms with Gasteiger partial charge in [-0.2, -0.15) is 0 Å². The summed E-state index contributed by atoms with van der Waals surface area (Å²) in [7, 11) is 1.65. The number of hydrogen-bond donors (Lipinski definition) is 0. The van der Waals surface area contributed by atoms with E-state index in [9.17, 15) is 4.79 Å². The Morgan fingerprint density at radius 3 is 2.92 bits per heavy atom. The van der Waals surface area contributed by atoms with E-state index >= 15 is 0 Å². The Hall–Kier alpha value is -1.37. The van der Waals surface area contributed by atoms with Gasteiger partial charge in [-0.3, -0.25) is 4.79 Å². The van der Waals surface area contributed by atoms with Crippen molar-refractivity contribution >= 4 is 5.91 Å². The Bertz CT molecular complexity index is 586. The molecule has 0 N–H and O–H groups in total. The van der Waals surface area contributed by atoms with Gasteiger partial charge in [-0.25, -0.2) is 0 Å². The first-order chi connectivity index (χ1) is 11.7. The highest BCUT2D eigenvalue weighted by atomic mass is 16.7. The van der Waals surface area contributed by atoms with Gasteiger partial charge in [0.25, 0.3) is 0 Å². The van der Waals surface area contributed by atoms with E-state index in [0.717, 1.165) is 50.2 Å². The fraction of sp³-hybridized carbons (Fsp3) is 0.722. The van der Waals surface area contributed by atoms with Crippen LogP contribution in [0.4, 0.5) is 0 Å². The van der Waals surface area contributed by atoms with Crippen molar-refractivity contribution in [2.75, 3.05) is 26.9 Å². The zero-order valence-electron chi connectivity index (χ0n) is 14.2. The van der Waals surface area contributed by atoms with Crippen molar-refractivity contribution in [3.05, 3.63) is 23.7 Å². The van der Waals surface area contributed by atoms with Crippen molar-refractivity contribution < 1.29 is 23.4 Å². The fourth-order valence-corrected chi connectivity index (χ4v) is 4.39. The first-order valence-electron chi connectivity index (χ1n) is 8.89. The molecule has 3 fully saturated rings. The Kier molecular flexibility index (Phi) is 4.37. The summed E-state index contributed by atoms with van der Waals surface area (Å²) in [6, 6.07) is 3.92. The van der Waals surface area contributed by atoms with Crippen LogP contribution < -0.4 is 0 Å².